The van der Waals surface area contributed by atoms with Gasteiger partial charge in [0.1, 0.15) is 0 Å². The Kier molecular flexibility index (Phi) is 4.60. The summed E-state index contributed by atoms with van der Waals surface area (Å²) in [6.07, 6.45) is 0. The third kappa shape index (κ3) is 2.88. The van der Waals surface area contributed by atoms with Crippen molar-refractivity contribution in [3.05, 3.63) is 192 Å². The highest BCUT2D eigenvalue weighted by Crippen LogP contribution is 2.63. The SMILES string of the molecule is c1ccc2c(c1)-c1ccccc1C21c2ccccc2-c2ccc(-n3c4cccc5c6ccccc6n6c7ccccc7c7ccc3c(c54)c76)cc21. The maximum atomic E-state index is 2.53. The lowest BCUT2D eigenvalue weighted by Gasteiger charge is -2.30. The summed E-state index contributed by atoms with van der Waals surface area (Å²) in [6, 6.07) is 63.9. The van der Waals surface area contributed by atoms with Crippen molar-refractivity contribution in [1.82, 2.24) is 8.97 Å². The zero-order chi connectivity index (χ0) is 33.0. The van der Waals surface area contributed by atoms with Crippen molar-refractivity contribution in [2.75, 3.05) is 0 Å². The van der Waals surface area contributed by atoms with E-state index < -0.39 is 0 Å². The minimum Gasteiger partial charge on any atom is -0.309 e. The lowest BCUT2D eigenvalue weighted by atomic mass is 9.70. The van der Waals surface area contributed by atoms with E-state index in [1.807, 2.05) is 0 Å². The van der Waals surface area contributed by atoms with Crippen LogP contribution < -0.4 is 0 Å². The van der Waals surface area contributed by atoms with Gasteiger partial charge in [0, 0.05) is 32.6 Å². The normalized spacial score (nSPS) is 14.0. The first kappa shape index (κ1) is 26.3. The van der Waals surface area contributed by atoms with E-state index in [1.165, 1.54) is 110 Å². The Balaban J connectivity index is 1.21. The third-order valence-corrected chi connectivity index (χ3v) is 12.3. The van der Waals surface area contributed by atoms with Gasteiger partial charge in [-0.15, -0.1) is 0 Å². The molecule has 0 bridgehead atoms. The molecule has 0 aliphatic heterocycles. The fraction of sp³-hybridized carbons (Fsp3) is 0.0204. The Morgan fingerprint density at radius 2 is 0.843 bits per heavy atom. The largest absolute Gasteiger partial charge is 0.309 e. The van der Waals surface area contributed by atoms with Crippen LogP contribution in [0.4, 0.5) is 0 Å². The van der Waals surface area contributed by atoms with E-state index in [4.69, 9.17) is 0 Å². The number of fused-ring (bicyclic) bond motifs is 16. The average molecular weight is 645 g/mol. The van der Waals surface area contributed by atoms with E-state index in [0.717, 1.165) is 0 Å². The van der Waals surface area contributed by atoms with Crippen LogP contribution in [-0.2, 0) is 5.41 Å². The van der Waals surface area contributed by atoms with E-state index in [0.29, 0.717) is 0 Å². The predicted octanol–water partition coefficient (Wildman–Crippen LogP) is 12.3. The topological polar surface area (TPSA) is 9.34 Å². The molecule has 0 saturated carbocycles. The molecule has 1 spiro atoms. The maximum absolute atomic E-state index is 2.53. The van der Waals surface area contributed by atoms with Crippen molar-refractivity contribution in [2.45, 2.75) is 5.41 Å². The molecule has 234 valence electrons. The summed E-state index contributed by atoms with van der Waals surface area (Å²) in [5.41, 5.74) is 17.8. The van der Waals surface area contributed by atoms with Gasteiger partial charge in [0.05, 0.1) is 33.0 Å². The van der Waals surface area contributed by atoms with Crippen molar-refractivity contribution in [3.63, 3.8) is 0 Å². The van der Waals surface area contributed by atoms with Crippen LogP contribution in [0.15, 0.2) is 170 Å². The van der Waals surface area contributed by atoms with E-state index in [-0.39, 0.29) is 5.41 Å². The quantitative estimate of drug-likeness (QED) is 0.168. The zero-order valence-electron chi connectivity index (χ0n) is 27.6. The molecule has 8 aromatic carbocycles. The molecule has 0 N–H and O–H groups in total. The van der Waals surface area contributed by atoms with E-state index in [9.17, 15) is 0 Å². The number of hydrogen-bond donors (Lipinski definition) is 0. The minimum atomic E-state index is -0.386. The molecule has 3 aromatic heterocycles. The van der Waals surface area contributed by atoms with Gasteiger partial charge in [-0.3, -0.25) is 0 Å². The van der Waals surface area contributed by atoms with Gasteiger partial charge in [0.15, 0.2) is 0 Å². The maximum Gasteiger partial charge on any atom is 0.0726 e. The van der Waals surface area contributed by atoms with E-state index >= 15 is 0 Å². The summed E-state index contributed by atoms with van der Waals surface area (Å²) in [5.74, 6) is 0. The first-order chi connectivity index (χ1) is 25.3. The minimum absolute atomic E-state index is 0.386. The van der Waals surface area contributed by atoms with E-state index in [1.54, 1.807) is 0 Å². The Labute approximate surface area is 293 Å². The monoisotopic (exact) mass is 644 g/mol. The van der Waals surface area contributed by atoms with Gasteiger partial charge in [-0.25, -0.2) is 0 Å². The molecule has 51 heavy (non-hydrogen) atoms. The first-order valence-corrected chi connectivity index (χ1v) is 17.9. The molecule has 0 radical (unpaired) electrons. The molecule has 0 saturated heterocycles. The number of para-hydroxylation sites is 2. The standard InChI is InChI=1S/C49H28N2/c1-6-18-38-30(12-1)31-13-2-7-19-39(31)49(38)40-20-8-3-14-32(40)33-25-24-29(28-41(33)49)50-44-23-11-17-36-34-15-4-9-21-42(34)51-43-22-10-5-16-35(43)37-26-27-45(50)47(46(36)44)48(37)51/h1-28H. The molecule has 2 aliphatic rings. The second kappa shape index (κ2) is 8.93. The Hall–Kier alpha value is -6.64. The van der Waals surface area contributed by atoms with Gasteiger partial charge in [0.25, 0.3) is 0 Å². The molecule has 0 fully saturated rings. The van der Waals surface area contributed by atoms with Crippen LogP contribution in [0, 0.1) is 0 Å². The van der Waals surface area contributed by atoms with Crippen molar-refractivity contribution in [3.8, 4) is 27.9 Å². The van der Waals surface area contributed by atoms with Gasteiger partial charge < -0.3 is 8.97 Å². The lowest BCUT2D eigenvalue weighted by molar-refractivity contribution is 0.792. The number of rotatable bonds is 1. The van der Waals surface area contributed by atoms with Crippen LogP contribution >= 0.6 is 0 Å². The summed E-state index contributed by atoms with van der Waals surface area (Å²) in [4.78, 5) is 0. The molecule has 0 unspecified atom stereocenters. The molecule has 2 heteroatoms. The van der Waals surface area contributed by atoms with Crippen LogP contribution in [0.5, 0.6) is 0 Å². The summed E-state index contributed by atoms with van der Waals surface area (Å²) >= 11 is 0. The van der Waals surface area contributed by atoms with Crippen LogP contribution in [-0.4, -0.2) is 8.97 Å². The average Bonchev–Trinajstić information content (AvgIpc) is 3.87. The molecule has 3 heterocycles. The van der Waals surface area contributed by atoms with Crippen molar-refractivity contribution in [1.29, 1.82) is 0 Å². The summed E-state index contributed by atoms with van der Waals surface area (Å²) in [5, 5.41) is 7.79. The Bertz CT molecular complexity index is 3250. The third-order valence-electron chi connectivity index (χ3n) is 12.3. The van der Waals surface area contributed by atoms with E-state index in [2.05, 4.69) is 179 Å². The smallest absolute Gasteiger partial charge is 0.0726 e. The molecule has 2 aliphatic carbocycles. The molecular formula is C49H28N2. The predicted molar refractivity (Wildman–Crippen MR) is 212 cm³/mol. The lowest BCUT2D eigenvalue weighted by Crippen LogP contribution is -2.26. The zero-order valence-corrected chi connectivity index (χ0v) is 27.6. The van der Waals surface area contributed by atoms with Crippen LogP contribution in [0.2, 0.25) is 0 Å². The van der Waals surface area contributed by atoms with Gasteiger partial charge in [-0.1, -0.05) is 133 Å². The first-order valence-electron chi connectivity index (χ1n) is 17.9. The van der Waals surface area contributed by atoms with Crippen LogP contribution in [0.1, 0.15) is 22.3 Å². The highest BCUT2D eigenvalue weighted by molar-refractivity contribution is 6.33. The number of nitrogens with zero attached hydrogens (tertiary/aromatic N) is 2. The number of aromatic nitrogens is 2. The Morgan fingerprint density at radius 3 is 1.51 bits per heavy atom. The van der Waals surface area contributed by atoms with Crippen molar-refractivity contribution >= 4 is 59.9 Å². The molecule has 11 aromatic rings. The molecule has 2 nitrogen and oxygen atoms in total. The molecule has 0 atom stereocenters. The highest BCUT2D eigenvalue weighted by Gasteiger charge is 2.51. The summed E-state index contributed by atoms with van der Waals surface area (Å²) < 4.78 is 5.06. The molecular weight excluding hydrogens is 617 g/mol. The number of hydrogen-bond acceptors (Lipinski definition) is 0. The van der Waals surface area contributed by atoms with Gasteiger partial charge >= 0.3 is 0 Å². The van der Waals surface area contributed by atoms with Crippen molar-refractivity contribution < 1.29 is 0 Å². The summed E-state index contributed by atoms with van der Waals surface area (Å²) in [6.45, 7) is 0. The van der Waals surface area contributed by atoms with Gasteiger partial charge in [-0.05, 0) is 86.3 Å². The number of benzene rings is 8. The van der Waals surface area contributed by atoms with Crippen LogP contribution in [0.25, 0.3) is 87.8 Å². The van der Waals surface area contributed by atoms with Gasteiger partial charge in [0.2, 0.25) is 0 Å². The van der Waals surface area contributed by atoms with Crippen molar-refractivity contribution in [2.24, 2.45) is 0 Å². The van der Waals surface area contributed by atoms with Crippen LogP contribution in [0.3, 0.4) is 0 Å². The second-order valence-corrected chi connectivity index (χ2v) is 14.4. The highest BCUT2D eigenvalue weighted by atomic mass is 15.0. The molecule has 0 amide bonds. The summed E-state index contributed by atoms with van der Waals surface area (Å²) in [7, 11) is 0. The second-order valence-electron chi connectivity index (χ2n) is 14.4. The fourth-order valence-corrected chi connectivity index (χ4v) is 10.5. The molecule has 13 rings (SSSR count). The van der Waals surface area contributed by atoms with Gasteiger partial charge in [-0.2, -0.15) is 0 Å². The fourth-order valence-electron chi connectivity index (χ4n) is 10.5. The Morgan fingerprint density at radius 1 is 0.333 bits per heavy atom.